The molecule has 0 aromatic rings. The van der Waals surface area contributed by atoms with Gasteiger partial charge >= 0.3 is 0 Å². The molecule has 0 heterocycles. The molecule has 1 aliphatic rings. The van der Waals surface area contributed by atoms with Crippen LogP contribution in [-0.2, 0) is 4.79 Å². The summed E-state index contributed by atoms with van der Waals surface area (Å²) in [4.78, 5) is 11.4. The van der Waals surface area contributed by atoms with Crippen molar-refractivity contribution in [1.29, 1.82) is 0 Å². The Kier molecular flexibility index (Phi) is 2.75. The van der Waals surface area contributed by atoms with Crippen LogP contribution in [0, 0.1) is 11.3 Å². The van der Waals surface area contributed by atoms with Gasteiger partial charge < -0.3 is 5.32 Å². The third kappa shape index (κ3) is 2.55. The van der Waals surface area contributed by atoms with Gasteiger partial charge in [-0.05, 0) is 24.1 Å². The number of thiocarbonyl (C=S) groups is 1. The first kappa shape index (κ1) is 10.2. The number of amides is 1. The predicted molar refractivity (Wildman–Crippen MR) is 54.8 cm³/mol. The average molecular weight is 201 g/mol. The number of hydrogen-bond donors (Lipinski definition) is 3. The fourth-order valence-corrected chi connectivity index (χ4v) is 1.23. The monoisotopic (exact) mass is 201 g/mol. The van der Waals surface area contributed by atoms with Gasteiger partial charge in [-0.1, -0.05) is 13.8 Å². The minimum absolute atomic E-state index is 0.0163. The molecule has 13 heavy (non-hydrogen) atoms. The van der Waals surface area contributed by atoms with Crippen molar-refractivity contribution in [2.24, 2.45) is 11.3 Å². The summed E-state index contributed by atoms with van der Waals surface area (Å²) in [7, 11) is 1.70. The van der Waals surface area contributed by atoms with Crippen molar-refractivity contribution in [1.82, 2.24) is 16.2 Å². The standard InChI is InChI=1S/C8H15N3OS/c1-8(2)4-5(8)6(12)10-11-7(13)9-3/h5H,4H2,1-3H3,(H,10,12)(H2,9,11,13). The van der Waals surface area contributed by atoms with Crippen molar-refractivity contribution in [3.05, 3.63) is 0 Å². The lowest BCUT2D eigenvalue weighted by atomic mass is 10.1. The molecule has 5 heteroatoms. The van der Waals surface area contributed by atoms with Gasteiger partial charge in [0, 0.05) is 13.0 Å². The van der Waals surface area contributed by atoms with Crippen LogP contribution in [0.1, 0.15) is 20.3 Å². The molecular weight excluding hydrogens is 186 g/mol. The first-order chi connectivity index (χ1) is 5.97. The highest BCUT2D eigenvalue weighted by Crippen LogP contribution is 2.51. The molecule has 0 bridgehead atoms. The third-order valence-electron chi connectivity index (χ3n) is 2.36. The maximum absolute atomic E-state index is 11.4. The smallest absolute Gasteiger partial charge is 0.242 e. The summed E-state index contributed by atoms with van der Waals surface area (Å²) < 4.78 is 0. The van der Waals surface area contributed by atoms with Crippen molar-refractivity contribution in [2.45, 2.75) is 20.3 Å². The number of carbonyl (C=O) groups is 1. The van der Waals surface area contributed by atoms with Crippen LogP contribution < -0.4 is 16.2 Å². The second-order valence-electron chi connectivity index (χ2n) is 3.94. The van der Waals surface area contributed by atoms with Crippen LogP contribution in [0.3, 0.4) is 0 Å². The maximum Gasteiger partial charge on any atom is 0.242 e. The number of carbonyl (C=O) groups excluding carboxylic acids is 1. The predicted octanol–water partition coefficient (Wildman–Crippen LogP) is 0.158. The molecule has 1 saturated carbocycles. The Morgan fingerprint density at radius 1 is 1.46 bits per heavy atom. The van der Waals surface area contributed by atoms with Crippen LogP contribution >= 0.6 is 12.2 Å². The summed E-state index contributed by atoms with van der Waals surface area (Å²) >= 11 is 4.80. The molecule has 0 saturated heterocycles. The van der Waals surface area contributed by atoms with Gasteiger partial charge in [0.15, 0.2) is 5.11 Å². The minimum atomic E-state index is 0.0163. The number of hydrazine groups is 1. The molecule has 0 aromatic heterocycles. The fourth-order valence-electron chi connectivity index (χ4n) is 1.18. The van der Waals surface area contributed by atoms with E-state index in [0.717, 1.165) is 6.42 Å². The van der Waals surface area contributed by atoms with E-state index in [4.69, 9.17) is 12.2 Å². The molecule has 0 aromatic carbocycles. The van der Waals surface area contributed by atoms with Gasteiger partial charge in [0.2, 0.25) is 5.91 Å². The van der Waals surface area contributed by atoms with E-state index >= 15 is 0 Å². The van der Waals surface area contributed by atoms with Crippen LogP contribution in [0.25, 0.3) is 0 Å². The highest BCUT2D eigenvalue weighted by Gasteiger charge is 2.50. The summed E-state index contributed by atoms with van der Waals surface area (Å²) in [6.07, 6.45) is 0.951. The van der Waals surface area contributed by atoms with E-state index in [2.05, 4.69) is 30.0 Å². The molecule has 1 amide bonds. The Morgan fingerprint density at radius 3 is 2.38 bits per heavy atom. The molecule has 0 radical (unpaired) electrons. The zero-order valence-corrected chi connectivity index (χ0v) is 8.92. The summed E-state index contributed by atoms with van der Waals surface area (Å²) in [5.74, 6) is 0.141. The first-order valence-electron chi connectivity index (χ1n) is 4.25. The van der Waals surface area contributed by atoms with Crippen molar-refractivity contribution in [2.75, 3.05) is 7.05 Å². The number of hydrogen-bond acceptors (Lipinski definition) is 2. The largest absolute Gasteiger partial charge is 0.364 e. The van der Waals surface area contributed by atoms with Crippen LogP contribution in [-0.4, -0.2) is 18.1 Å². The molecule has 0 aliphatic heterocycles. The van der Waals surface area contributed by atoms with Gasteiger partial charge in [-0.25, -0.2) is 0 Å². The van der Waals surface area contributed by atoms with E-state index in [0.29, 0.717) is 5.11 Å². The normalized spacial score (nSPS) is 23.2. The molecule has 1 rings (SSSR count). The van der Waals surface area contributed by atoms with Crippen LogP contribution in [0.5, 0.6) is 0 Å². The minimum Gasteiger partial charge on any atom is -0.364 e. The van der Waals surface area contributed by atoms with Gasteiger partial charge in [-0.3, -0.25) is 15.6 Å². The fraction of sp³-hybridized carbons (Fsp3) is 0.750. The first-order valence-corrected chi connectivity index (χ1v) is 4.66. The zero-order chi connectivity index (χ0) is 10.1. The van der Waals surface area contributed by atoms with Crippen molar-refractivity contribution in [3.63, 3.8) is 0 Å². The van der Waals surface area contributed by atoms with Crippen LogP contribution in [0.15, 0.2) is 0 Å². The Bertz CT molecular complexity index is 240. The molecule has 1 fully saturated rings. The Morgan fingerprint density at radius 2 is 2.00 bits per heavy atom. The lowest BCUT2D eigenvalue weighted by Gasteiger charge is -2.09. The quantitative estimate of drug-likeness (QED) is 0.418. The molecule has 1 aliphatic carbocycles. The van der Waals surface area contributed by atoms with E-state index < -0.39 is 0 Å². The SMILES string of the molecule is CNC(=S)NNC(=O)C1CC1(C)C. The lowest BCUT2D eigenvalue weighted by molar-refractivity contribution is -0.123. The van der Waals surface area contributed by atoms with Crippen LogP contribution in [0.2, 0.25) is 0 Å². The number of nitrogens with one attached hydrogen (secondary N) is 3. The highest BCUT2D eigenvalue weighted by atomic mass is 32.1. The Hall–Kier alpha value is -0.840. The highest BCUT2D eigenvalue weighted by molar-refractivity contribution is 7.80. The van der Waals surface area contributed by atoms with E-state index in [-0.39, 0.29) is 17.2 Å². The van der Waals surface area contributed by atoms with Gasteiger partial charge in [0.25, 0.3) is 0 Å². The summed E-state index contributed by atoms with van der Waals surface area (Å²) in [5, 5.41) is 3.13. The second kappa shape index (κ2) is 3.49. The Labute approximate surface area is 83.4 Å². The zero-order valence-electron chi connectivity index (χ0n) is 8.10. The topological polar surface area (TPSA) is 53.2 Å². The molecule has 4 nitrogen and oxygen atoms in total. The molecule has 3 N–H and O–H groups in total. The summed E-state index contributed by atoms with van der Waals surface area (Å²) in [6, 6.07) is 0. The third-order valence-corrected chi connectivity index (χ3v) is 2.66. The number of rotatable bonds is 1. The van der Waals surface area contributed by atoms with Gasteiger partial charge in [0.05, 0.1) is 0 Å². The van der Waals surface area contributed by atoms with E-state index in [1.807, 2.05) is 0 Å². The van der Waals surface area contributed by atoms with Crippen LogP contribution in [0.4, 0.5) is 0 Å². The second-order valence-corrected chi connectivity index (χ2v) is 4.35. The average Bonchev–Trinajstić information content (AvgIpc) is 2.70. The molecule has 1 unspecified atom stereocenters. The summed E-state index contributed by atoms with van der Waals surface area (Å²) in [6.45, 7) is 4.15. The molecule has 1 atom stereocenters. The lowest BCUT2D eigenvalue weighted by Crippen LogP contribution is -2.46. The van der Waals surface area contributed by atoms with Crippen molar-refractivity contribution in [3.8, 4) is 0 Å². The summed E-state index contributed by atoms with van der Waals surface area (Å²) in [5.41, 5.74) is 5.33. The maximum atomic E-state index is 11.4. The van der Waals surface area contributed by atoms with E-state index in [1.165, 1.54) is 0 Å². The van der Waals surface area contributed by atoms with Gasteiger partial charge in [-0.15, -0.1) is 0 Å². The molecular formula is C8H15N3OS. The van der Waals surface area contributed by atoms with E-state index in [9.17, 15) is 4.79 Å². The van der Waals surface area contributed by atoms with Gasteiger partial charge in [0.1, 0.15) is 0 Å². The van der Waals surface area contributed by atoms with Crippen molar-refractivity contribution >= 4 is 23.2 Å². The van der Waals surface area contributed by atoms with E-state index in [1.54, 1.807) is 7.05 Å². The Balaban J connectivity index is 2.24. The molecule has 0 spiro atoms. The molecule has 74 valence electrons. The van der Waals surface area contributed by atoms with Gasteiger partial charge in [-0.2, -0.15) is 0 Å². The van der Waals surface area contributed by atoms with Crippen molar-refractivity contribution < 1.29 is 4.79 Å².